The first kappa shape index (κ1) is 19.8. The normalized spacial score (nSPS) is 10.9. The molecule has 2 aromatic carbocycles. The molecule has 2 aromatic heterocycles. The van der Waals surface area contributed by atoms with Crippen molar-refractivity contribution in [3.05, 3.63) is 81.3 Å². The van der Waals surface area contributed by atoms with Gasteiger partial charge in [-0.05, 0) is 37.1 Å². The molecule has 8 heteroatoms. The van der Waals surface area contributed by atoms with Gasteiger partial charge in [0, 0.05) is 17.9 Å². The number of carbonyl (C=O) groups is 1. The van der Waals surface area contributed by atoms with Gasteiger partial charge in [-0.1, -0.05) is 41.6 Å². The molecule has 0 aliphatic rings. The summed E-state index contributed by atoms with van der Waals surface area (Å²) >= 11 is 1.35. The molecule has 0 saturated heterocycles. The standard InChI is InChI=1S/C22H20N4O3S/c1-14-9-10-19(11-15(14)2)26(16(3)27)21-23-18(13-30-21)12-25-20(24-29-22(25)28)17-7-5-4-6-8-17/h4-11,13H,12H2,1-3H3. The van der Waals surface area contributed by atoms with Crippen molar-refractivity contribution in [2.24, 2.45) is 0 Å². The number of aryl methyl sites for hydroxylation is 2. The maximum atomic E-state index is 12.4. The molecule has 0 radical (unpaired) electrons. The van der Waals surface area contributed by atoms with Crippen LogP contribution >= 0.6 is 11.3 Å². The molecule has 4 rings (SSSR count). The molecule has 0 aliphatic heterocycles. The maximum absolute atomic E-state index is 12.4. The Morgan fingerprint density at radius 1 is 1.13 bits per heavy atom. The molecule has 2 heterocycles. The number of hydrogen-bond donors (Lipinski definition) is 0. The Labute approximate surface area is 177 Å². The zero-order valence-corrected chi connectivity index (χ0v) is 17.6. The second-order valence-electron chi connectivity index (χ2n) is 6.97. The zero-order valence-electron chi connectivity index (χ0n) is 16.8. The molecule has 0 atom stereocenters. The summed E-state index contributed by atoms with van der Waals surface area (Å²) in [6, 6.07) is 15.2. The minimum atomic E-state index is -0.555. The fourth-order valence-corrected chi connectivity index (χ4v) is 4.01. The van der Waals surface area contributed by atoms with Crippen LogP contribution in [0.5, 0.6) is 0 Å². The summed E-state index contributed by atoms with van der Waals surface area (Å²) in [6.07, 6.45) is 0. The van der Waals surface area contributed by atoms with Crippen molar-refractivity contribution in [1.29, 1.82) is 0 Å². The molecule has 1 amide bonds. The molecular formula is C22H20N4O3S. The van der Waals surface area contributed by atoms with Gasteiger partial charge in [0.25, 0.3) is 0 Å². The van der Waals surface area contributed by atoms with E-state index in [4.69, 9.17) is 4.52 Å². The van der Waals surface area contributed by atoms with Crippen molar-refractivity contribution in [3.8, 4) is 11.4 Å². The Hall–Kier alpha value is -3.52. The fourth-order valence-electron chi connectivity index (χ4n) is 3.13. The van der Waals surface area contributed by atoms with Crippen LogP contribution in [0.1, 0.15) is 23.7 Å². The number of anilines is 2. The van der Waals surface area contributed by atoms with Gasteiger partial charge in [0.1, 0.15) is 0 Å². The van der Waals surface area contributed by atoms with Gasteiger partial charge in [-0.3, -0.25) is 18.8 Å². The minimum Gasteiger partial charge on any atom is -0.295 e. The fraction of sp³-hybridized carbons (Fsp3) is 0.182. The lowest BCUT2D eigenvalue weighted by Crippen LogP contribution is -2.23. The maximum Gasteiger partial charge on any atom is 0.442 e. The number of rotatable bonds is 5. The van der Waals surface area contributed by atoms with E-state index >= 15 is 0 Å². The Kier molecular flexibility index (Phi) is 5.33. The first-order chi connectivity index (χ1) is 14.4. The van der Waals surface area contributed by atoms with Crippen LogP contribution in [-0.4, -0.2) is 20.6 Å². The number of nitrogens with zero attached hydrogens (tertiary/aromatic N) is 4. The second-order valence-corrected chi connectivity index (χ2v) is 7.81. The molecule has 0 saturated carbocycles. The van der Waals surface area contributed by atoms with E-state index < -0.39 is 5.76 Å². The molecule has 0 unspecified atom stereocenters. The van der Waals surface area contributed by atoms with Gasteiger partial charge in [0.05, 0.1) is 17.9 Å². The molecule has 0 aliphatic carbocycles. The van der Waals surface area contributed by atoms with Gasteiger partial charge in [-0.2, -0.15) is 0 Å². The van der Waals surface area contributed by atoms with Crippen LogP contribution < -0.4 is 10.7 Å². The van der Waals surface area contributed by atoms with Gasteiger partial charge >= 0.3 is 5.76 Å². The zero-order chi connectivity index (χ0) is 21.3. The molecular weight excluding hydrogens is 400 g/mol. The van der Waals surface area contributed by atoms with Gasteiger partial charge in [0.15, 0.2) is 11.0 Å². The number of benzene rings is 2. The number of amides is 1. The third-order valence-electron chi connectivity index (χ3n) is 4.83. The second kappa shape index (κ2) is 8.08. The van der Waals surface area contributed by atoms with Gasteiger partial charge < -0.3 is 0 Å². The molecule has 152 valence electrons. The first-order valence-corrected chi connectivity index (χ1v) is 10.3. The van der Waals surface area contributed by atoms with Crippen LogP contribution in [0.25, 0.3) is 11.4 Å². The first-order valence-electron chi connectivity index (χ1n) is 9.38. The average Bonchev–Trinajstić information content (AvgIpc) is 3.33. The van der Waals surface area contributed by atoms with Crippen LogP contribution in [0.15, 0.2) is 63.2 Å². The summed E-state index contributed by atoms with van der Waals surface area (Å²) in [6.45, 7) is 5.74. The number of thiazole rings is 1. The number of hydrogen-bond acceptors (Lipinski definition) is 6. The van der Waals surface area contributed by atoms with Crippen molar-refractivity contribution in [2.75, 3.05) is 4.90 Å². The highest BCUT2D eigenvalue weighted by Crippen LogP contribution is 2.30. The molecule has 7 nitrogen and oxygen atoms in total. The van der Waals surface area contributed by atoms with Crippen LogP contribution in [-0.2, 0) is 11.3 Å². The van der Waals surface area contributed by atoms with Crippen molar-refractivity contribution < 1.29 is 9.32 Å². The summed E-state index contributed by atoms with van der Waals surface area (Å²) in [5.41, 5.74) is 4.44. The van der Waals surface area contributed by atoms with Crippen molar-refractivity contribution in [3.63, 3.8) is 0 Å². The predicted molar refractivity (Wildman–Crippen MR) is 116 cm³/mol. The SMILES string of the molecule is CC(=O)N(c1ccc(C)c(C)c1)c1nc(Cn2c(-c3ccccc3)noc2=O)cs1. The molecule has 0 fully saturated rings. The van der Waals surface area contributed by atoms with E-state index in [1.165, 1.54) is 22.8 Å². The Balaban J connectivity index is 1.66. The summed E-state index contributed by atoms with van der Waals surface area (Å²) in [4.78, 5) is 30.8. The van der Waals surface area contributed by atoms with Crippen LogP contribution in [0.2, 0.25) is 0 Å². The highest BCUT2D eigenvalue weighted by Gasteiger charge is 2.20. The Bertz CT molecular complexity index is 1260. The van der Waals surface area contributed by atoms with E-state index in [1.807, 2.05) is 67.8 Å². The summed E-state index contributed by atoms with van der Waals surface area (Å²) in [5.74, 6) is -0.250. The smallest absolute Gasteiger partial charge is 0.295 e. The van der Waals surface area contributed by atoms with Gasteiger partial charge in [-0.15, -0.1) is 11.3 Å². The number of carbonyl (C=O) groups excluding carboxylic acids is 1. The van der Waals surface area contributed by atoms with E-state index in [0.717, 1.165) is 22.4 Å². The topological polar surface area (TPSA) is 81.2 Å². The lowest BCUT2D eigenvalue weighted by Gasteiger charge is -2.19. The van der Waals surface area contributed by atoms with Crippen LogP contribution in [0, 0.1) is 13.8 Å². The van der Waals surface area contributed by atoms with E-state index in [9.17, 15) is 9.59 Å². The molecule has 0 bridgehead atoms. The molecule has 4 aromatic rings. The van der Waals surface area contributed by atoms with Crippen molar-refractivity contribution in [1.82, 2.24) is 14.7 Å². The third kappa shape index (κ3) is 3.81. The largest absolute Gasteiger partial charge is 0.442 e. The van der Waals surface area contributed by atoms with E-state index in [-0.39, 0.29) is 12.5 Å². The number of aromatic nitrogens is 3. The Morgan fingerprint density at radius 3 is 2.60 bits per heavy atom. The molecule has 0 N–H and O–H groups in total. The summed E-state index contributed by atoms with van der Waals surface area (Å²) in [5, 5.41) is 6.29. The van der Waals surface area contributed by atoms with Gasteiger partial charge in [-0.25, -0.2) is 9.78 Å². The van der Waals surface area contributed by atoms with Crippen molar-refractivity contribution in [2.45, 2.75) is 27.3 Å². The van der Waals surface area contributed by atoms with E-state index in [2.05, 4.69) is 10.1 Å². The van der Waals surface area contributed by atoms with Gasteiger partial charge in [0.2, 0.25) is 5.91 Å². The Morgan fingerprint density at radius 2 is 1.90 bits per heavy atom. The van der Waals surface area contributed by atoms with E-state index in [1.54, 1.807) is 4.90 Å². The summed E-state index contributed by atoms with van der Waals surface area (Å²) in [7, 11) is 0. The predicted octanol–water partition coefficient (Wildman–Crippen LogP) is 4.31. The molecule has 0 spiro atoms. The van der Waals surface area contributed by atoms with Crippen LogP contribution in [0.3, 0.4) is 0 Å². The molecule has 30 heavy (non-hydrogen) atoms. The van der Waals surface area contributed by atoms with E-state index in [0.29, 0.717) is 16.6 Å². The lowest BCUT2D eigenvalue weighted by molar-refractivity contribution is -0.115. The average molecular weight is 420 g/mol. The highest BCUT2D eigenvalue weighted by atomic mass is 32.1. The third-order valence-corrected chi connectivity index (χ3v) is 5.71. The quantitative estimate of drug-likeness (QED) is 0.481. The van der Waals surface area contributed by atoms with Crippen molar-refractivity contribution >= 4 is 28.1 Å². The summed E-state index contributed by atoms with van der Waals surface area (Å²) < 4.78 is 6.31. The monoisotopic (exact) mass is 420 g/mol. The minimum absolute atomic E-state index is 0.133. The lowest BCUT2D eigenvalue weighted by atomic mass is 10.1. The van der Waals surface area contributed by atoms with Crippen LogP contribution in [0.4, 0.5) is 10.8 Å². The highest BCUT2D eigenvalue weighted by molar-refractivity contribution is 7.14.